The molecule has 0 heterocycles. The summed E-state index contributed by atoms with van der Waals surface area (Å²) in [5.41, 5.74) is 0. The zero-order valence-corrected chi connectivity index (χ0v) is 6.60. The molecule has 10 heavy (non-hydrogen) atoms. The first-order valence-electron chi connectivity index (χ1n) is 3.07. The third-order valence-corrected chi connectivity index (χ3v) is 1.16. The van der Waals surface area contributed by atoms with Crippen LogP contribution in [-0.2, 0) is 9.53 Å². The van der Waals surface area contributed by atoms with E-state index in [4.69, 9.17) is 4.74 Å². The zero-order valence-electron chi connectivity index (χ0n) is 6.60. The molecule has 0 aliphatic rings. The second-order valence-electron chi connectivity index (χ2n) is 2.09. The Morgan fingerprint density at radius 3 is 2.50 bits per heavy atom. The smallest absolute Gasteiger partial charge is 0.217 e. The summed E-state index contributed by atoms with van der Waals surface area (Å²) >= 11 is 0. The first-order chi connectivity index (χ1) is 4.57. The molecule has 3 heteroatoms. The number of carbonyl (C=O) groups excluding carboxylic acids is 1. The van der Waals surface area contributed by atoms with Crippen LogP contribution >= 0.6 is 0 Å². The largest absolute Gasteiger partial charge is 0.500 e. The molecule has 0 aliphatic heterocycles. The van der Waals surface area contributed by atoms with Gasteiger partial charge in [-0.25, -0.2) is 0 Å². The minimum Gasteiger partial charge on any atom is -0.500 e. The standard InChI is InChI=1S/C7H13NO2/c1-5(6(2)10-4)8-7(3)9/h5H,2H2,1,3-4H3,(H,8,9)/t5-/m0/s1. The predicted octanol–water partition coefficient (Wildman–Crippen LogP) is 0.671. The van der Waals surface area contributed by atoms with Crippen molar-refractivity contribution in [3.8, 4) is 0 Å². The summed E-state index contributed by atoms with van der Waals surface area (Å²) in [7, 11) is 1.53. The lowest BCUT2D eigenvalue weighted by atomic mass is 10.3. The molecule has 0 aromatic rings. The van der Waals surface area contributed by atoms with Crippen molar-refractivity contribution in [2.75, 3.05) is 7.11 Å². The fourth-order valence-electron chi connectivity index (χ4n) is 0.562. The summed E-state index contributed by atoms with van der Waals surface area (Å²) in [5.74, 6) is 0.487. The number of ether oxygens (including phenoxy) is 1. The Labute approximate surface area is 61.1 Å². The van der Waals surface area contributed by atoms with Gasteiger partial charge in [0, 0.05) is 6.92 Å². The Hall–Kier alpha value is -0.990. The summed E-state index contributed by atoms with van der Waals surface area (Å²) < 4.78 is 4.80. The Morgan fingerprint density at radius 2 is 2.20 bits per heavy atom. The quantitative estimate of drug-likeness (QED) is 0.590. The second kappa shape index (κ2) is 3.93. The van der Waals surface area contributed by atoms with Gasteiger partial charge in [-0.05, 0) is 6.92 Å². The van der Waals surface area contributed by atoms with Gasteiger partial charge in [-0.1, -0.05) is 6.58 Å². The summed E-state index contributed by atoms with van der Waals surface area (Å²) in [6, 6.07) is -0.109. The molecular weight excluding hydrogens is 130 g/mol. The number of methoxy groups -OCH3 is 1. The van der Waals surface area contributed by atoms with E-state index < -0.39 is 0 Å². The van der Waals surface area contributed by atoms with Gasteiger partial charge < -0.3 is 10.1 Å². The first kappa shape index (κ1) is 9.01. The van der Waals surface area contributed by atoms with Crippen LogP contribution in [0, 0.1) is 0 Å². The maximum Gasteiger partial charge on any atom is 0.217 e. The van der Waals surface area contributed by atoms with E-state index in [-0.39, 0.29) is 11.9 Å². The van der Waals surface area contributed by atoms with Crippen LogP contribution in [0.15, 0.2) is 12.3 Å². The highest BCUT2D eigenvalue weighted by Crippen LogP contribution is 1.97. The van der Waals surface area contributed by atoms with Crippen LogP contribution in [0.4, 0.5) is 0 Å². The number of nitrogens with one attached hydrogen (secondary N) is 1. The van der Waals surface area contributed by atoms with E-state index >= 15 is 0 Å². The maximum absolute atomic E-state index is 10.5. The van der Waals surface area contributed by atoms with Crippen LogP contribution in [0.2, 0.25) is 0 Å². The van der Waals surface area contributed by atoms with Gasteiger partial charge >= 0.3 is 0 Å². The minimum absolute atomic E-state index is 0.0781. The molecule has 0 radical (unpaired) electrons. The molecule has 0 saturated heterocycles. The van der Waals surface area contributed by atoms with Crippen LogP contribution in [-0.4, -0.2) is 19.1 Å². The Morgan fingerprint density at radius 1 is 1.70 bits per heavy atom. The maximum atomic E-state index is 10.5. The monoisotopic (exact) mass is 143 g/mol. The molecule has 0 bridgehead atoms. The van der Waals surface area contributed by atoms with Crippen molar-refractivity contribution in [2.24, 2.45) is 0 Å². The van der Waals surface area contributed by atoms with Crippen molar-refractivity contribution in [1.29, 1.82) is 0 Å². The molecule has 1 amide bonds. The van der Waals surface area contributed by atoms with E-state index in [0.29, 0.717) is 5.76 Å². The van der Waals surface area contributed by atoms with Gasteiger partial charge in [0.1, 0.15) is 5.76 Å². The summed E-state index contributed by atoms with van der Waals surface area (Å²) in [6.45, 7) is 6.86. The molecule has 1 atom stereocenters. The van der Waals surface area contributed by atoms with Crippen LogP contribution in [0.5, 0.6) is 0 Å². The number of carbonyl (C=O) groups is 1. The van der Waals surface area contributed by atoms with Gasteiger partial charge in [0.25, 0.3) is 0 Å². The van der Waals surface area contributed by atoms with E-state index in [9.17, 15) is 4.79 Å². The van der Waals surface area contributed by atoms with Crippen molar-refractivity contribution in [1.82, 2.24) is 5.32 Å². The summed E-state index contributed by atoms with van der Waals surface area (Å²) in [5, 5.41) is 2.63. The van der Waals surface area contributed by atoms with Gasteiger partial charge in [-0.2, -0.15) is 0 Å². The molecule has 0 aliphatic carbocycles. The number of hydrogen-bond donors (Lipinski definition) is 1. The van der Waals surface area contributed by atoms with Gasteiger partial charge in [-0.3, -0.25) is 4.79 Å². The third-order valence-electron chi connectivity index (χ3n) is 1.16. The van der Waals surface area contributed by atoms with Gasteiger partial charge in [-0.15, -0.1) is 0 Å². The summed E-state index contributed by atoms with van der Waals surface area (Å²) in [4.78, 5) is 10.5. The highest BCUT2D eigenvalue weighted by molar-refractivity contribution is 5.73. The topological polar surface area (TPSA) is 38.3 Å². The van der Waals surface area contributed by atoms with Crippen LogP contribution in [0.3, 0.4) is 0 Å². The number of amides is 1. The molecule has 0 rings (SSSR count). The zero-order chi connectivity index (χ0) is 8.15. The van der Waals surface area contributed by atoms with E-state index in [1.807, 2.05) is 6.92 Å². The lowest BCUT2D eigenvalue weighted by Crippen LogP contribution is -2.32. The molecule has 58 valence electrons. The third kappa shape index (κ3) is 3.12. The fraction of sp³-hybridized carbons (Fsp3) is 0.571. The molecule has 0 saturated carbocycles. The van der Waals surface area contributed by atoms with Crippen molar-refractivity contribution >= 4 is 5.91 Å². The molecule has 0 unspecified atom stereocenters. The molecule has 3 nitrogen and oxygen atoms in total. The number of hydrogen-bond acceptors (Lipinski definition) is 2. The van der Waals surface area contributed by atoms with Gasteiger partial charge in [0.05, 0.1) is 13.2 Å². The van der Waals surface area contributed by atoms with Crippen LogP contribution in [0.25, 0.3) is 0 Å². The Balaban J connectivity index is 3.72. The highest BCUT2D eigenvalue weighted by Gasteiger charge is 2.05. The van der Waals surface area contributed by atoms with Crippen LogP contribution in [0.1, 0.15) is 13.8 Å². The number of rotatable bonds is 3. The van der Waals surface area contributed by atoms with Crippen LogP contribution < -0.4 is 5.32 Å². The first-order valence-corrected chi connectivity index (χ1v) is 3.07. The lowest BCUT2D eigenvalue weighted by molar-refractivity contribution is -0.119. The van der Waals surface area contributed by atoms with Crippen molar-refractivity contribution in [3.63, 3.8) is 0 Å². The minimum atomic E-state index is -0.109. The van der Waals surface area contributed by atoms with Crippen molar-refractivity contribution in [2.45, 2.75) is 19.9 Å². The molecule has 0 spiro atoms. The van der Waals surface area contributed by atoms with Gasteiger partial charge in [0.15, 0.2) is 0 Å². The van der Waals surface area contributed by atoms with E-state index in [1.54, 1.807) is 0 Å². The molecule has 0 fully saturated rings. The van der Waals surface area contributed by atoms with Gasteiger partial charge in [0.2, 0.25) is 5.91 Å². The normalized spacial score (nSPS) is 11.9. The van der Waals surface area contributed by atoms with Crippen molar-refractivity contribution in [3.05, 3.63) is 12.3 Å². The average Bonchev–Trinajstić information content (AvgIpc) is 1.85. The SMILES string of the molecule is C=C(OC)[C@H](C)NC(C)=O. The highest BCUT2D eigenvalue weighted by atomic mass is 16.5. The predicted molar refractivity (Wildman–Crippen MR) is 39.4 cm³/mol. The fourth-order valence-corrected chi connectivity index (χ4v) is 0.562. The average molecular weight is 143 g/mol. The van der Waals surface area contributed by atoms with E-state index in [2.05, 4.69) is 11.9 Å². The molecule has 1 N–H and O–H groups in total. The van der Waals surface area contributed by atoms with E-state index in [0.717, 1.165) is 0 Å². The Kier molecular flexibility index (Phi) is 3.54. The van der Waals surface area contributed by atoms with E-state index in [1.165, 1.54) is 14.0 Å². The summed E-state index contributed by atoms with van der Waals surface area (Å²) in [6.07, 6.45) is 0. The van der Waals surface area contributed by atoms with Crippen molar-refractivity contribution < 1.29 is 9.53 Å². The second-order valence-corrected chi connectivity index (χ2v) is 2.09. The lowest BCUT2D eigenvalue weighted by Gasteiger charge is -2.13. The Bertz CT molecular complexity index is 143. The molecule has 0 aromatic carbocycles. The molecule has 0 aromatic heterocycles. The molecular formula is C7H13NO2.